The highest BCUT2D eigenvalue weighted by molar-refractivity contribution is 6.55. The smallest absolute Gasteiger partial charge is 0.347 e. The molecule has 0 saturated carbocycles. The van der Waals surface area contributed by atoms with E-state index in [1.165, 1.54) is 18.2 Å². The second-order valence-corrected chi connectivity index (χ2v) is 6.11. The van der Waals surface area contributed by atoms with Crippen LogP contribution in [0.2, 0.25) is 10.0 Å². The Morgan fingerprint density at radius 3 is 2.30 bits per heavy atom. The van der Waals surface area contributed by atoms with Crippen LogP contribution < -0.4 is 9.47 Å². The molecule has 0 saturated heterocycles. The van der Waals surface area contributed by atoms with Crippen molar-refractivity contribution < 1.29 is 19.0 Å². The number of ether oxygens (including phenoxy) is 3. The van der Waals surface area contributed by atoms with Gasteiger partial charge in [-0.2, -0.15) is 0 Å². The van der Waals surface area contributed by atoms with E-state index in [1.807, 2.05) is 0 Å². The monoisotopic (exact) mass is 400 g/mol. The topological polar surface area (TPSA) is 44.8 Å². The molecule has 0 aromatic heterocycles. The molecule has 0 aliphatic rings. The van der Waals surface area contributed by atoms with E-state index in [0.29, 0.717) is 12.2 Å². The molecule has 0 heterocycles. The third-order valence-electron chi connectivity index (χ3n) is 2.64. The van der Waals surface area contributed by atoms with Crippen molar-refractivity contribution in [2.24, 2.45) is 0 Å². The van der Waals surface area contributed by atoms with Crippen molar-refractivity contribution in [2.45, 2.75) is 26.4 Å². The van der Waals surface area contributed by atoms with Crippen molar-refractivity contribution in [1.82, 2.24) is 0 Å². The molecule has 128 valence electrons. The van der Waals surface area contributed by atoms with Crippen molar-refractivity contribution in [1.29, 1.82) is 0 Å². The Hall–Kier alpha value is -0.810. The second kappa shape index (κ2) is 10.1. The molecular weight excluding hydrogens is 386 g/mol. The molecule has 1 unspecified atom stereocenters. The van der Waals surface area contributed by atoms with Gasteiger partial charge >= 0.3 is 5.97 Å². The van der Waals surface area contributed by atoms with E-state index in [2.05, 4.69) is 0 Å². The Bertz CT molecular complexity index is 548. The van der Waals surface area contributed by atoms with Crippen LogP contribution in [-0.2, 0) is 9.53 Å². The Morgan fingerprint density at radius 2 is 1.83 bits per heavy atom. The maximum absolute atomic E-state index is 11.8. The third-order valence-corrected chi connectivity index (χ3v) is 3.51. The fourth-order valence-corrected chi connectivity index (χ4v) is 2.29. The summed E-state index contributed by atoms with van der Waals surface area (Å²) in [6, 6.07) is 3.05. The summed E-state index contributed by atoms with van der Waals surface area (Å²) in [6.45, 7) is 3.94. The molecule has 0 fully saturated rings. The van der Waals surface area contributed by atoms with E-state index >= 15 is 0 Å². The van der Waals surface area contributed by atoms with Crippen LogP contribution >= 0.6 is 46.4 Å². The van der Waals surface area contributed by atoms with Crippen LogP contribution in [0.15, 0.2) is 22.7 Å². The molecule has 0 N–H and O–H groups in total. The Labute approximate surface area is 155 Å². The van der Waals surface area contributed by atoms with Crippen LogP contribution in [-0.4, -0.2) is 25.3 Å². The average molecular weight is 402 g/mol. The Balaban J connectivity index is 2.88. The largest absolute Gasteiger partial charge is 0.489 e. The highest BCUT2D eigenvalue weighted by Crippen LogP contribution is 2.38. The summed E-state index contributed by atoms with van der Waals surface area (Å²) in [6.07, 6.45) is 1.11. The van der Waals surface area contributed by atoms with Crippen molar-refractivity contribution in [3.63, 3.8) is 0 Å². The first-order valence-electron chi connectivity index (χ1n) is 6.85. The normalized spacial score (nSPS) is 11.6. The molecule has 8 heteroatoms. The molecular formula is C15H16Cl4O4. The molecule has 0 aliphatic heterocycles. The molecule has 1 aromatic carbocycles. The van der Waals surface area contributed by atoms with E-state index in [1.54, 1.807) is 13.8 Å². The fraction of sp³-hybridized carbons (Fsp3) is 0.400. The minimum Gasteiger partial charge on any atom is -0.489 e. The summed E-state index contributed by atoms with van der Waals surface area (Å²) in [7, 11) is 0. The van der Waals surface area contributed by atoms with Gasteiger partial charge in [-0.25, -0.2) is 4.79 Å². The number of carbonyl (C=O) groups excluding carboxylic acids is 1. The van der Waals surface area contributed by atoms with Gasteiger partial charge in [0.2, 0.25) is 0 Å². The second-order valence-electron chi connectivity index (χ2n) is 4.29. The van der Waals surface area contributed by atoms with Crippen molar-refractivity contribution in [3.05, 3.63) is 32.7 Å². The zero-order valence-electron chi connectivity index (χ0n) is 12.6. The zero-order chi connectivity index (χ0) is 17.4. The Morgan fingerprint density at radius 1 is 1.22 bits per heavy atom. The van der Waals surface area contributed by atoms with Gasteiger partial charge in [-0.15, -0.1) is 0 Å². The zero-order valence-corrected chi connectivity index (χ0v) is 15.6. The van der Waals surface area contributed by atoms with Crippen LogP contribution in [0.1, 0.15) is 20.3 Å². The summed E-state index contributed by atoms with van der Waals surface area (Å²) >= 11 is 23.3. The Kier molecular flexibility index (Phi) is 8.92. The van der Waals surface area contributed by atoms with Gasteiger partial charge in [0.25, 0.3) is 0 Å². The first-order valence-corrected chi connectivity index (χ1v) is 8.36. The molecule has 0 radical (unpaired) electrons. The molecule has 0 spiro atoms. The lowest BCUT2D eigenvalue weighted by atomic mass is 10.2. The molecule has 4 nitrogen and oxygen atoms in total. The van der Waals surface area contributed by atoms with Gasteiger partial charge in [0, 0.05) is 12.1 Å². The van der Waals surface area contributed by atoms with Crippen LogP contribution in [0, 0.1) is 0 Å². The van der Waals surface area contributed by atoms with Crippen LogP contribution in [0.25, 0.3) is 0 Å². The van der Waals surface area contributed by atoms with E-state index in [-0.39, 0.29) is 33.5 Å². The number of esters is 1. The lowest BCUT2D eigenvalue weighted by Gasteiger charge is -2.18. The molecule has 1 atom stereocenters. The molecule has 0 amide bonds. The number of benzene rings is 1. The summed E-state index contributed by atoms with van der Waals surface area (Å²) in [5.74, 6) is 0.151. The van der Waals surface area contributed by atoms with Crippen LogP contribution in [0.3, 0.4) is 0 Å². The van der Waals surface area contributed by atoms with Gasteiger partial charge in [0.05, 0.1) is 16.7 Å². The number of rotatable bonds is 8. The summed E-state index contributed by atoms with van der Waals surface area (Å²) in [5, 5.41) is 0.437. The number of carbonyl (C=O) groups is 1. The number of hydrogen-bond donors (Lipinski definition) is 0. The first kappa shape index (κ1) is 20.2. The molecule has 0 aliphatic carbocycles. The number of halogens is 4. The van der Waals surface area contributed by atoms with Crippen molar-refractivity contribution in [3.8, 4) is 11.5 Å². The molecule has 1 rings (SSSR count). The highest BCUT2D eigenvalue weighted by Gasteiger charge is 2.22. The molecule has 23 heavy (non-hydrogen) atoms. The van der Waals surface area contributed by atoms with Crippen molar-refractivity contribution >= 4 is 52.4 Å². The fourth-order valence-electron chi connectivity index (χ4n) is 1.61. The van der Waals surface area contributed by atoms with Gasteiger partial charge in [0.15, 0.2) is 11.9 Å². The highest BCUT2D eigenvalue weighted by atomic mass is 35.5. The predicted molar refractivity (Wildman–Crippen MR) is 93.1 cm³/mol. The summed E-state index contributed by atoms with van der Waals surface area (Å²) in [4.78, 5) is 11.8. The minimum atomic E-state index is -0.783. The maximum atomic E-state index is 11.8. The van der Waals surface area contributed by atoms with Crippen molar-refractivity contribution in [2.75, 3.05) is 13.2 Å². The van der Waals surface area contributed by atoms with Gasteiger partial charge in [0.1, 0.15) is 16.8 Å². The number of hydrogen-bond acceptors (Lipinski definition) is 4. The van der Waals surface area contributed by atoms with E-state index < -0.39 is 12.1 Å². The third kappa shape index (κ3) is 6.68. The van der Waals surface area contributed by atoms with Gasteiger partial charge in [-0.3, -0.25) is 0 Å². The van der Waals surface area contributed by atoms with Gasteiger partial charge in [-0.1, -0.05) is 53.3 Å². The summed E-state index contributed by atoms with van der Waals surface area (Å²) in [5.41, 5.74) is 0. The lowest BCUT2D eigenvalue weighted by Crippen LogP contribution is -2.28. The van der Waals surface area contributed by atoms with Gasteiger partial charge < -0.3 is 14.2 Å². The van der Waals surface area contributed by atoms with Crippen LogP contribution in [0.5, 0.6) is 11.5 Å². The molecule has 0 bridgehead atoms. The first-order chi connectivity index (χ1) is 10.9. The van der Waals surface area contributed by atoms with Crippen LogP contribution in [0.4, 0.5) is 0 Å². The lowest BCUT2D eigenvalue weighted by molar-refractivity contribution is -0.151. The quantitative estimate of drug-likeness (QED) is 0.546. The van der Waals surface area contributed by atoms with Gasteiger partial charge in [-0.05, 0) is 19.4 Å². The summed E-state index contributed by atoms with van der Waals surface area (Å²) < 4.78 is 16.0. The standard InChI is InChI=1S/C15H16Cl4O4/c1-3-12(15(20)21-4-2)23-14-10(16)7-9(8-11(14)17)22-6-5-13(18)19/h5,7-8,12H,3-4,6H2,1-2H3. The predicted octanol–water partition coefficient (Wildman–Crippen LogP) is 5.41. The average Bonchev–Trinajstić information content (AvgIpc) is 2.46. The molecule has 1 aromatic rings. The van der Waals surface area contributed by atoms with E-state index in [4.69, 9.17) is 60.6 Å². The maximum Gasteiger partial charge on any atom is 0.347 e. The SMILES string of the molecule is CCOC(=O)C(CC)Oc1c(Cl)cc(OCC=C(Cl)Cl)cc1Cl. The minimum absolute atomic E-state index is 0.0994. The van der Waals surface area contributed by atoms with E-state index in [9.17, 15) is 4.79 Å². The van der Waals surface area contributed by atoms with E-state index in [0.717, 1.165) is 0 Å².